The number of carbonyl (C=O) groups is 2. The highest BCUT2D eigenvalue weighted by atomic mass is 32.1. The molecular weight excluding hydrogens is 334 g/mol. The maximum absolute atomic E-state index is 12.1. The zero-order valence-electron chi connectivity index (χ0n) is 13.5. The number of aryl methyl sites for hydroxylation is 1. The molecule has 5 nitrogen and oxygen atoms in total. The molecule has 4 rings (SSSR count). The number of aromatic nitrogens is 1. The van der Waals surface area contributed by atoms with Gasteiger partial charge in [-0.05, 0) is 42.2 Å². The Balaban J connectivity index is 1.30. The van der Waals surface area contributed by atoms with Crippen LogP contribution in [0.5, 0.6) is 0 Å². The van der Waals surface area contributed by atoms with Crippen molar-refractivity contribution < 1.29 is 9.59 Å². The van der Waals surface area contributed by atoms with Gasteiger partial charge in [-0.25, -0.2) is 4.98 Å². The molecule has 0 spiro atoms. The van der Waals surface area contributed by atoms with Gasteiger partial charge in [-0.3, -0.25) is 9.59 Å². The number of thiazole rings is 1. The topological polar surface area (TPSA) is 71.1 Å². The van der Waals surface area contributed by atoms with E-state index in [1.165, 1.54) is 11.3 Å². The summed E-state index contributed by atoms with van der Waals surface area (Å²) in [4.78, 5) is 27.9. The van der Waals surface area contributed by atoms with Crippen LogP contribution in [-0.4, -0.2) is 16.8 Å². The van der Waals surface area contributed by atoms with Gasteiger partial charge in [0.25, 0.3) is 0 Å². The Morgan fingerprint density at radius 3 is 3.00 bits per heavy atom. The van der Waals surface area contributed by atoms with E-state index in [0.717, 1.165) is 39.9 Å². The molecule has 1 aromatic heterocycles. The van der Waals surface area contributed by atoms with Crippen LogP contribution in [0.3, 0.4) is 0 Å². The van der Waals surface area contributed by atoms with Crippen molar-refractivity contribution in [2.75, 3.05) is 10.6 Å². The van der Waals surface area contributed by atoms with Gasteiger partial charge in [0.05, 0.1) is 16.6 Å². The number of hydrogen-bond acceptors (Lipinski definition) is 4. The van der Waals surface area contributed by atoms with Gasteiger partial charge in [0.1, 0.15) is 0 Å². The molecule has 25 heavy (non-hydrogen) atoms. The van der Waals surface area contributed by atoms with Crippen LogP contribution in [0.2, 0.25) is 0 Å². The number of para-hydroxylation sites is 1. The fourth-order valence-corrected chi connectivity index (χ4v) is 3.88. The summed E-state index contributed by atoms with van der Waals surface area (Å²) in [6.07, 6.45) is 2.47. The third kappa shape index (κ3) is 3.53. The maximum atomic E-state index is 12.1. The summed E-state index contributed by atoms with van der Waals surface area (Å²) in [5, 5.41) is 6.35. The Kier molecular flexibility index (Phi) is 4.19. The first-order chi connectivity index (χ1) is 12.2. The van der Waals surface area contributed by atoms with Gasteiger partial charge in [-0.15, -0.1) is 0 Å². The Morgan fingerprint density at radius 2 is 2.12 bits per heavy atom. The van der Waals surface area contributed by atoms with E-state index >= 15 is 0 Å². The van der Waals surface area contributed by atoms with Crippen LogP contribution in [0.1, 0.15) is 24.0 Å². The molecule has 0 aliphatic carbocycles. The number of rotatable bonds is 5. The highest BCUT2D eigenvalue weighted by Crippen LogP contribution is 2.26. The van der Waals surface area contributed by atoms with E-state index in [2.05, 4.69) is 21.7 Å². The number of nitrogens with zero attached hydrogens (tertiary/aromatic N) is 1. The highest BCUT2D eigenvalue weighted by Gasteiger charge is 2.17. The summed E-state index contributed by atoms with van der Waals surface area (Å²) in [6, 6.07) is 13.8. The van der Waals surface area contributed by atoms with E-state index in [9.17, 15) is 9.59 Å². The number of hydrogen-bond donors (Lipinski definition) is 2. The van der Waals surface area contributed by atoms with Crippen molar-refractivity contribution in [3.8, 4) is 0 Å². The molecule has 2 heterocycles. The van der Waals surface area contributed by atoms with Gasteiger partial charge >= 0.3 is 0 Å². The fourth-order valence-electron chi connectivity index (χ4n) is 3.00. The SMILES string of the molecule is O=C(CCCc1ccc2c(c1)CC(=O)N2)Nc1nc2ccccc2s1. The summed E-state index contributed by atoms with van der Waals surface area (Å²) in [7, 11) is 0. The van der Waals surface area contributed by atoms with E-state index in [4.69, 9.17) is 0 Å². The van der Waals surface area contributed by atoms with E-state index in [1.54, 1.807) is 0 Å². The van der Waals surface area contributed by atoms with Gasteiger partial charge in [-0.1, -0.05) is 35.6 Å². The first-order valence-electron chi connectivity index (χ1n) is 8.24. The minimum Gasteiger partial charge on any atom is -0.326 e. The van der Waals surface area contributed by atoms with Crippen LogP contribution in [-0.2, 0) is 22.4 Å². The highest BCUT2D eigenvalue weighted by molar-refractivity contribution is 7.22. The van der Waals surface area contributed by atoms with Gasteiger partial charge in [0.15, 0.2) is 5.13 Å². The maximum Gasteiger partial charge on any atom is 0.228 e. The lowest BCUT2D eigenvalue weighted by Gasteiger charge is -2.05. The molecule has 126 valence electrons. The van der Waals surface area contributed by atoms with Crippen molar-refractivity contribution in [3.05, 3.63) is 53.6 Å². The molecule has 0 saturated carbocycles. The van der Waals surface area contributed by atoms with E-state index in [1.807, 2.05) is 36.4 Å². The van der Waals surface area contributed by atoms with Gasteiger partial charge in [0.2, 0.25) is 11.8 Å². The summed E-state index contributed by atoms with van der Waals surface area (Å²) in [5.41, 5.74) is 4.01. The zero-order chi connectivity index (χ0) is 17.2. The molecule has 0 bridgehead atoms. The van der Waals surface area contributed by atoms with Crippen LogP contribution in [0.25, 0.3) is 10.2 Å². The predicted molar refractivity (Wildman–Crippen MR) is 100.0 cm³/mol. The summed E-state index contributed by atoms with van der Waals surface area (Å²) >= 11 is 1.49. The average molecular weight is 351 g/mol. The standard InChI is InChI=1S/C19H17N3O2S/c23-17(22-19-21-15-5-1-2-6-16(15)25-19)7-3-4-12-8-9-14-13(10-12)11-18(24)20-14/h1-2,5-6,8-10H,3-4,7,11H2,(H,20,24)(H,21,22,23). The molecule has 2 N–H and O–H groups in total. The number of anilines is 2. The Labute approximate surface area is 149 Å². The van der Waals surface area contributed by atoms with Crippen LogP contribution in [0.4, 0.5) is 10.8 Å². The predicted octanol–water partition coefficient (Wildman–Crippen LogP) is 3.75. The smallest absolute Gasteiger partial charge is 0.228 e. The van der Waals surface area contributed by atoms with Crippen LogP contribution < -0.4 is 10.6 Å². The molecule has 3 aromatic rings. The third-order valence-electron chi connectivity index (χ3n) is 4.20. The van der Waals surface area contributed by atoms with Crippen molar-refractivity contribution >= 4 is 44.2 Å². The van der Waals surface area contributed by atoms with E-state index in [-0.39, 0.29) is 11.8 Å². The molecular formula is C19H17N3O2S. The zero-order valence-corrected chi connectivity index (χ0v) is 14.4. The molecule has 0 radical (unpaired) electrons. The van der Waals surface area contributed by atoms with Crippen molar-refractivity contribution in [1.29, 1.82) is 0 Å². The molecule has 2 amide bonds. The van der Waals surface area contributed by atoms with Crippen molar-refractivity contribution in [2.45, 2.75) is 25.7 Å². The monoisotopic (exact) mass is 351 g/mol. The number of nitrogens with one attached hydrogen (secondary N) is 2. The molecule has 1 aliphatic rings. The van der Waals surface area contributed by atoms with E-state index in [0.29, 0.717) is 18.0 Å². The lowest BCUT2D eigenvalue weighted by atomic mass is 10.0. The molecule has 0 unspecified atom stereocenters. The fraction of sp³-hybridized carbons (Fsp3) is 0.211. The molecule has 2 aromatic carbocycles. The van der Waals surface area contributed by atoms with Crippen LogP contribution >= 0.6 is 11.3 Å². The molecule has 6 heteroatoms. The lowest BCUT2D eigenvalue weighted by molar-refractivity contribution is -0.116. The molecule has 1 aliphatic heterocycles. The second-order valence-corrected chi connectivity index (χ2v) is 7.14. The minimum atomic E-state index is -0.0166. The number of benzene rings is 2. The first-order valence-corrected chi connectivity index (χ1v) is 9.06. The Hall–Kier alpha value is -2.73. The Morgan fingerprint density at radius 1 is 1.24 bits per heavy atom. The second-order valence-electron chi connectivity index (χ2n) is 6.10. The largest absolute Gasteiger partial charge is 0.326 e. The number of carbonyl (C=O) groups excluding carboxylic acids is 2. The van der Waals surface area contributed by atoms with E-state index < -0.39 is 0 Å². The lowest BCUT2D eigenvalue weighted by Crippen LogP contribution is -2.11. The first kappa shape index (κ1) is 15.8. The molecule has 0 atom stereocenters. The van der Waals surface area contributed by atoms with Crippen molar-refractivity contribution in [2.24, 2.45) is 0 Å². The van der Waals surface area contributed by atoms with Crippen molar-refractivity contribution in [1.82, 2.24) is 4.98 Å². The molecule has 0 saturated heterocycles. The average Bonchev–Trinajstić information content (AvgIpc) is 3.15. The quantitative estimate of drug-likeness (QED) is 0.735. The second kappa shape index (κ2) is 6.64. The third-order valence-corrected chi connectivity index (χ3v) is 5.16. The number of amides is 2. The number of fused-ring (bicyclic) bond motifs is 2. The van der Waals surface area contributed by atoms with Gasteiger partial charge < -0.3 is 10.6 Å². The minimum absolute atomic E-state index is 0.0166. The summed E-state index contributed by atoms with van der Waals surface area (Å²) in [6.45, 7) is 0. The molecule has 0 fully saturated rings. The Bertz CT molecular complexity index is 931. The van der Waals surface area contributed by atoms with Crippen LogP contribution in [0, 0.1) is 0 Å². The summed E-state index contributed by atoms with van der Waals surface area (Å²) in [5.74, 6) is 0.0272. The van der Waals surface area contributed by atoms with Gasteiger partial charge in [-0.2, -0.15) is 0 Å². The summed E-state index contributed by atoms with van der Waals surface area (Å²) < 4.78 is 1.07. The van der Waals surface area contributed by atoms with Crippen molar-refractivity contribution in [3.63, 3.8) is 0 Å². The normalized spacial score (nSPS) is 12.9. The van der Waals surface area contributed by atoms with Crippen LogP contribution in [0.15, 0.2) is 42.5 Å². The van der Waals surface area contributed by atoms with Gasteiger partial charge in [0, 0.05) is 12.1 Å².